The fourth-order valence-corrected chi connectivity index (χ4v) is 2.77. The predicted octanol–water partition coefficient (Wildman–Crippen LogP) is 4.65. The third-order valence-corrected chi connectivity index (χ3v) is 4.13. The highest BCUT2D eigenvalue weighted by molar-refractivity contribution is 6.30. The van der Waals surface area contributed by atoms with Gasteiger partial charge in [0.15, 0.2) is 0 Å². The van der Waals surface area contributed by atoms with Gasteiger partial charge in [0.1, 0.15) is 0 Å². The second-order valence-corrected chi connectivity index (χ2v) is 6.01. The highest BCUT2D eigenvalue weighted by Gasteiger charge is 2.13. The lowest BCUT2D eigenvalue weighted by Crippen LogP contribution is -2.13. The maximum Gasteiger partial charge on any atom is 0.258 e. The second kappa shape index (κ2) is 6.89. The quantitative estimate of drug-likeness (QED) is 0.752. The first-order chi connectivity index (χ1) is 11.6. The predicted molar refractivity (Wildman–Crippen MR) is 97.1 cm³/mol. The Bertz CT molecular complexity index is 886. The van der Waals surface area contributed by atoms with Crippen LogP contribution in [0.1, 0.15) is 28.4 Å². The van der Waals surface area contributed by atoms with E-state index in [2.05, 4.69) is 17.3 Å². The SMILES string of the molecule is CCc1cccc(C)c1NC(=O)c1cnn(-c2cccc(Cl)c2)c1. The number of carbonyl (C=O) groups excluding carboxylic acids is 1. The number of halogens is 1. The van der Waals surface area contributed by atoms with Gasteiger partial charge in [0, 0.05) is 16.9 Å². The molecule has 1 aromatic heterocycles. The summed E-state index contributed by atoms with van der Waals surface area (Å²) in [6.45, 7) is 4.06. The summed E-state index contributed by atoms with van der Waals surface area (Å²) >= 11 is 6.00. The van der Waals surface area contributed by atoms with Crippen LogP contribution in [0, 0.1) is 6.92 Å². The van der Waals surface area contributed by atoms with Crippen LogP contribution in [0.3, 0.4) is 0 Å². The van der Waals surface area contributed by atoms with Crippen LogP contribution >= 0.6 is 11.6 Å². The zero-order valence-electron chi connectivity index (χ0n) is 13.6. The van der Waals surface area contributed by atoms with Gasteiger partial charge in [0.05, 0.1) is 17.4 Å². The molecule has 122 valence electrons. The molecule has 0 saturated carbocycles. The minimum atomic E-state index is -0.174. The summed E-state index contributed by atoms with van der Waals surface area (Å²) in [5, 5.41) is 7.88. The van der Waals surface area contributed by atoms with Crippen LogP contribution in [0.2, 0.25) is 5.02 Å². The minimum absolute atomic E-state index is 0.174. The van der Waals surface area contributed by atoms with Gasteiger partial charge in [-0.3, -0.25) is 4.79 Å². The van der Waals surface area contributed by atoms with Crippen molar-refractivity contribution in [3.05, 3.63) is 76.6 Å². The van der Waals surface area contributed by atoms with E-state index in [0.717, 1.165) is 28.9 Å². The molecule has 0 aliphatic rings. The van der Waals surface area contributed by atoms with E-state index in [-0.39, 0.29) is 5.91 Å². The molecule has 3 rings (SSSR count). The molecule has 1 amide bonds. The molecule has 24 heavy (non-hydrogen) atoms. The molecule has 0 radical (unpaired) electrons. The van der Waals surface area contributed by atoms with Gasteiger partial charge in [0.2, 0.25) is 0 Å². The number of nitrogens with one attached hydrogen (secondary N) is 1. The van der Waals surface area contributed by atoms with Crippen LogP contribution in [-0.2, 0) is 6.42 Å². The average Bonchev–Trinajstić information content (AvgIpc) is 3.07. The number of benzene rings is 2. The van der Waals surface area contributed by atoms with Crippen LogP contribution in [-0.4, -0.2) is 15.7 Å². The number of aromatic nitrogens is 2. The number of hydrogen-bond donors (Lipinski definition) is 1. The molecule has 0 aliphatic heterocycles. The van der Waals surface area contributed by atoms with Crippen LogP contribution < -0.4 is 5.32 Å². The van der Waals surface area contributed by atoms with Gasteiger partial charge in [-0.2, -0.15) is 5.10 Å². The molecule has 4 nitrogen and oxygen atoms in total. The molecule has 0 atom stereocenters. The number of carbonyl (C=O) groups is 1. The van der Waals surface area contributed by atoms with Gasteiger partial charge >= 0.3 is 0 Å². The first-order valence-electron chi connectivity index (χ1n) is 7.79. The fourth-order valence-electron chi connectivity index (χ4n) is 2.59. The molecule has 0 fully saturated rings. The van der Waals surface area contributed by atoms with Crippen molar-refractivity contribution in [3.8, 4) is 5.69 Å². The van der Waals surface area contributed by atoms with Crippen LogP contribution in [0.25, 0.3) is 5.69 Å². The van der Waals surface area contributed by atoms with Crippen molar-refractivity contribution < 1.29 is 4.79 Å². The molecule has 0 unspecified atom stereocenters. The van der Waals surface area contributed by atoms with Gasteiger partial charge < -0.3 is 5.32 Å². The molecule has 0 aliphatic carbocycles. The lowest BCUT2D eigenvalue weighted by Gasteiger charge is -2.12. The van der Waals surface area contributed by atoms with Crippen molar-refractivity contribution >= 4 is 23.2 Å². The summed E-state index contributed by atoms with van der Waals surface area (Å²) in [6, 6.07) is 13.3. The van der Waals surface area contributed by atoms with Crippen LogP contribution in [0.5, 0.6) is 0 Å². The van der Waals surface area contributed by atoms with E-state index in [0.29, 0.717) is 10.6 Å². The third kappa shape index (κ3) is 3.34. The maximum atomic E-state index is 12.6. The van der Waals surface area contributed by atoms with E-state index in [4.69, 9.17) is 11.6 Å². The first kappa shape index (κ1) is 16.3. The highest BCUT2D eigenvalue weighted by atomic mass is 35.5. The largest absolute Gasteiger partial charge is 0.321 e. The number of anilines is 1. The normalized spacial score (nSPS) is 10.6. The smallest absolute Gasteiger partial charge is 0.258 e. The standard InChI is InChI=1S/C19H18ClN3O/c1-3-14-7-4-6-13(2)18(14)22-19(24)15-11-21-23(12-15)17-9-5-8-16(20)10-17/h4-12H,3H2,1-2H3,(H,22,24). The fraction of sp³-hybridized carbons (Fsp3) is 0.158. The second-order valence-electron chi connectivity index (χ2n) is 5.57. The highest BCUT2D eigenvalue weighted by Crippen LogP contribution is 2.22. The summed E-state index contributed by atoms with van der Waals surface area (Å²) in [6.07, 6.45) is 4.12. The number of rotatable bonds is 4. The third-order valence-electron chi connectivity index (χ3n) is 3.90. The Labute approximate surface area is 146 Å². The summed E-state index contributed by atoms with van der Waals surface area (Å²) in [5.41, 5.74) is 4.35. The van der Waals surface area contributed by atoms with Crippen molar-refractivity contribution in [2.75, 3.05) is 5.32 Å². The topological polar surface area (TPSA) is 46.9 Å². The van der Waals surface area contributed by atoms with Gasteiger partial charge in [-0.05, 0) is 42.7 Å². The van der Waals surface area contributed by atoms with Crippen LogP contribution in [0.4, 0.5) is 5.69 Å². The summed E-state index contributed by atoms with van der Waals surface area (Å²) in [5.74, 6) is -0.174. The summed E-state index contributed by atoms with van der Waals surface area (Å²) < 4.78 is 1.64. The average molecular weight is 340 g/mol. The van der Waals surface area contributed by atoms with E-state index in [1.165, 1.54) is 0 Å². The number of nitrogens with zero attached hydrogens (tertiary/aromatic N) is 2. The van der Waals surface area contributed by atoms with Crippen molar-refractivity contribution in [2.24, 2.45) is 0 Å². The van der Waals surface area contributed by atoms with Crippen molar-refractivity contribution in [2.45, 2.75) is 20.3 Å². The molecule has 2 aromatic carbocycles. The molecule has 3 aromatic rings. The minimum Gasteiger partial charge on any atom is -0.321 e. The van der Waals surface area contributed by atoms with Gasteiger partial charge in [-0.15, -0.1) is 0 Å². The molecular formula is C19H18ClN3O. The summed E-state index contributed by atoms with van der Waals surface area (Å²) in [7, 11) is 0. The lowest BCUT2D eigenvalue weighted by atomic mass is 10.1. The number of hydrogen-bond acceptors (Lipinski definition) is 2. The Balaban J connectivity index is 1.85. The maximum absolute atomic E-state index is 12.6. The molecule has 0 spiro atoms. The van der Waals surface area contributed by atoms with Crippen LogP contribution in [0.15, 0.2) is 54.9 Å². The van der Waals surface area contributed by atoms with Crippen molar-refractivity contribution in [3.63, 3.8) is 0 Å². The first-order valence-corrected chi connectivity index (χ1v) is 8.16. The van der Waals surface area contributed by atoms with Gasteiger partial charge in [0.25, 0.3) is 5.91 Å². The Morgan fingerprint density at radius 2 is 2.04 bits per heavy atom. The number of para-hydroxylation sites is 1. The molecular weight excluding hydrogens is 322 g/mol. The van der Waals surface area contributed by atoms with Crippen molar-refractivity contribution in [1.29, 1.82) is 0 Å². The Morgan fingerprint density at radius 1 is 1.25 bits per heavy atom. The van der Waals surface area contributed by atoms with Gasteiger partial charge in [-0.25, -0.2) is 4.68 Å². The monoisotopic (exact) mass is 339 g/mol. The Kier molecular flexibility index (Phi) is 4.67. The zero-order valence-corrected chi connectivity index (χ0v) is 14.3. The van der Waals surface area contributed by atoms with Gasteiger partial charge in [-0.1, -0.05) is 42.8 Å². The van der Waals surface area contributed by atoms with E-state index in [9.17, 15) is 4.79 Å². The number of aryl methyl sites for hydroxylation is 2. The molecule has 1 N–H and O–H groups in total. The van der Waals surface area contributed by atoms with E-state index < -0.39 is 0 Å². The summed E-state index contributed by atoms with van der Waals surface area (Å²) in [4.78, 5) is 12.6. The number of amides is 1. The van der Waals surface area contributed by atoms with E-state index >= 15 is 0 Å². The molecule has 1 heterocycles. The molecule has 0 bridgehead atoms. The van der Waals surface area contributed by atoms with E-state index in [1.807, 2.05) is 37.3 Å². The Morgan fingerprint density at radius 3 is 2.79 bits per heavy atom. The Hall–Kier alpha value is -2.59. The van der Waals surface area contributed by atoms with Crippen molar-refractivity contribution in [1.82, 2.24) is 9.78 Å². The molecule has 5 heteroatoms. The molecule has 0 saturated heterocycles. The van der Waals surface area contributed by atoms with E-state index in [1.54, 1.807) is 29.2 Å². The zero-order chi connectivity index (χ0) is 17.1. The lowest BCUT2D eigenvalue weighted by molar-refractivity contribution is 0.102.